The molecule has 84 valence electrons. The van der Waals surface area contributed by atoms with Crippen LogP contribution in [0.15, 0.2) is 39.1 Å². The third-order valence-corrected chi connectivity index (χ3v) is 4.81. The minimum absolute atomic E-state index is 0.420. The minimum atomic E-state index is -1.13. The van der Waals surface area contributed by atoms with E-state index in [1.807, 2.05) is 11.4 Å². The van der Waals surface area contributed by atoms with Gasteiger partial charge in [-0.3, -0.25) is 4.21 Å². The highest BCUT2D eigenvalue weighted by Crippen LogP contribution is 2.23. The Labute approximate surface area is 108 Å². The van der Waals surface area contributed by atoms with Crippen molar-refractivity contribution >= 4 is 43.8 Å². The standard InChI is InChI=1S/C10H9BrN2OS2/c11-7-1-2-9(8(12)5-7)16(14)6-10-13-3-4-15-10/h1-5H,6,12H2. The summed E-state index contributed by atoms with van der Waals surface area (Å²) < 4.78 is 12.9. The number of thiazole rings is 1. The second kappa shape index (κ2) is 5.07. The number of hydrogen-bond acceptors (Lipinski definition) is 4. The zero-order chi connectivity index (χ0) is 11.5. The second-order valence-corrected chi connectivity index (χ2v) is 6.41. The molecule has 0 aliphatic rings. The van der Waals surface area contributed by atoms with Gasteiger partial charge in [0.2, 0.25) is 0 Å². The van der Waals surface area contributed by atoms with Gasteiger partial charge in [0.1, 0.15) is 5.01 Å². The predicted octanol–water partition coefficient (Wildman–Crippen LogP) is 2.80. The molecule has 0 spiro atoms. The van der Waals surface area contributed by atoms with Crippen LogP contribution in [0.5, 0.6) is 0 Å². The van der Waals surface area contributed by atoms with Gasteiger partial charge in [-0.25, -0.2) is 4.98 Å². The smallest absolute Gasteiger partial charge is 0.105 e. The van der Waals surface area contributed by atoms with Crippen molar-refractivity contribution in [3.8, 4) is 0 Å². The average molecular weight is 317 g/mol. The number of halogens is 1. The molecular formula is C10H9BrN2OS2. The van der Waals surface area contributed by atoms with Gasteiger partial charge in [0.05, 0.1) is 21.4 Å². The second-order valence-electron chi connectivity index (χ2n) is 3.10. The van der Waals surface area contributed by atoms with E-state index in [1.165, 1.54) is 11.3 Å². The van der Waals surface area contributed by atoms with Crippen LogP contribution < -0.4 is 5.73 Å². The van der Waals surface area contributed by atoms with Crippen molar-refractivity contribution in [3.63, 3.8) is 0 Å². The highest BCUT2D eigenvalue weighted by molar-refractivity contribution is 9.10. The normalized spacial score (nSPS) is 12.6. The van der Waals surface area contributed by atoms with E-state index < -0.39 is 10.8 Å². The van der Waals surface area contributed by atoms with Gasteiger partial charge in [0, 0.05) is 21.7 Å². The van der Waals surface area contributed by atoms with E-state index in [-0.39, 0.29) is 0 Å². The van der Waals surface area contributed by atoms with Crippen LogP contribution in [0.1, 0.15) is 5.01 Å². The highest BCUT2D eigenvalue weighted by atomic mass is 79.9. The van der Waals surface area contributed by atoms with Gasteiger partial charge in [0.15, 0.2) is 0 Å². The average Bonchev–Trinajstić information content (AvgIpc) is 2.70. The molecule has 1 aromatic heterocycles. The van der Waals surface area contributed by atoms with Crippen molar-refractivity contribution < 1.29 is 4.21 Å². The third kappa shape index (κ3) is 2.69. The number of hydrogen-bond donors (Lipinski definition) is 1. The van der Waals surface area contributed by atoms with Crippen LogP contribution in [-0.2, 0) is 16.6 Å². The molecule has 2 N–H and O–H groups in total. The molecule has 0 bridgehead atoms. The van der Waals surface area contributed by atoms with E-state index in [0.717, 1.165) is 9.48 Å². The van der Waals surface area contributed by atoms with Gasteiger partial charge in [-0.1, -0.05) is 15.9 Å². The molecule has 3 nitrogen and oxygen atoms in total. The molecule has 1 unspecified atom stereocenters. The molecule has 0 saturated heterocycles. The maximum atomic E-state index is 12.0. The first-order valence-electron chi connectivity index (χ1n) is 4.48. The fourth-order valence-corrected chi connectivity index (χ4v) is 3.61. The summed E-state index contributed by atoms with van der Waals surface area (Å²) in [7, 11) is -1.13. The van der Waals surface area contributed by atoms with Crippen molar-refractivity contribution in [1.82, 2.24) is 4.98 Å². The molecule has 0 saturated carbocycles. The molecule has 0 radical (unpaired) electrons. The van der Waals surface area contributed by atoms with Crippen molar-refractivity contribution in [1.29, 1.82) is 0 Å². The molecule has 6 heteroatoms. The molecule has 1 aromatic carbocycles. The van der Waals surface area contributed by atoms with Crippen molar-refractivity contribution in [2.24, 2.45) is 0 Å². The zero-order valence-corrected chi connectivity index (χ0v) is 11.4. The van der Waals surface area contributed by atoms with E-state index in [4.69, 9.17) is 5.73 Å². The lowest BCUT2D eigenvalue weighted by atomic mass is 10.3. The lowest BCUT2D eigenvalue weighted by Gasteiger charge is -2.04. The summed E-state index contributed by atoms with van der Waals surface area (Å²) >= 11 is 4.82. The van der Waals surface area contributed by atoms with Gasteiger partial charge in [-0.15, -0.1) is 11.3 Å². The fourth-order valence-electron chi connectivity index (χ4n) is 1.24. The van der Waals surface area contributed by atoms with E-state index in [2.05, 4.69) is 20.9 Å². The van der Waals surface area contributed by atoms with Crippen LogP contribution >= 0.6 is 27.3 Å². The topological polar surface area (TPSA) is 56.0 Å². The summed E-state index contributed by atoms with van der Waals surface area (Å²) in [6, 6.07) is 5.38. The minimum Gasteiger partial charge on any atom is -0.398 e. The molecule has 0 aliphatic carbocycles. The van der Waals surface area contributed by atoms with E-state index in [0.29, 0.717) is 16.3 Å². The molecule has 0 amide bonds. The molecular weight excluding hydrogens is 308 g/mol. The first kappa shape index (κ1) is 11.8. The van der Waals surface area contributed by atoms with Crippen LogP contribution in [0.2, 0.25) is 0 Å². The third-order valence-electron chi connectivity index (χ3n) is 1.96. The number of nitrogen functional groups attached to an aromatic ring is 1. The van der Waals surface area contributed by atoms with E-state index >= 15 is 0 Å². The highest BCUT2D eigenvalue weighted by Gasteiger charge is 2.10. The Kier molecular flexibility index (Phi) is 3.73. The first-order valence-corrected chi connectivity index (χ1v) is 7.48. The van der Waals surface area contributed by atoms with E-state index in [9.17, 15) is 4.21 Å². The maximum Gasteiger partial charge on any atom is 0.105 e. The number of anilines is 1. The SMILES string of the molecule is Nc1cc(Br)ccc1S(=O)Cc1nccs1. The number of aromatic nitrogens is 1. The fraction of sp³-hybridized carbons (Fsp3) is 0.100. The molecule has 2 rings (SSSR count). The Morgan fingerprint density at radius 2 is 2.31 bits per heavy atom. The van der Waals surface area contributed by atoms with Crippen molar-refractivity contribution in [3.05, 3.63) is 39.3 Å². The predicted molar refractivity (Wildman–Crippen MR) is 70.8 cm³/mol. The molecule has 0 aliphatic heterocycles. The summed E-state index contributed by atoms with van der Waals surface area (Å²) in [4.78, 5) is 4.77. The van der Waals surface area contributed by atoms with Crippen molar-refractivity contribution in [2.45, 2.75) is 10.6 Å². The molecule has 16 heavy (non-hydrogen) atoms. The van der Waals surface area contributed by atoms with Gasteiger partial charge in [-0.05, 0) is 18.2 Å². The lowest BCUT2D eigenvalue weighted by Crippen LogP contribution is -2.00. The summed E-state index contributed by atoms with van der Waals surface area (Å²) in [6.45, 7) is 0. The maximum absolute atomic E-state index is 12.0. The van der Waals surface area contributed by atoms with E-state index in [1.54, 1.807) is 18.3 Å². The molecule has 2 aromatic rings. The summed E-state index contributed by atoms with van der Waals surface area (Å²) in [5.41, 5.74) is 6.36. The number of rotatable bonds is 3. The molecule has 1 heterocycles. The number of nitrogens with zero attached hydrogens (tertiary/aromatic N) is 1. The zero-order valence-electron chi connectivity index (χ0n) is 8.22. The molecule has 1 atom stereocenters. The van der Waals surface area contributed by atoms with Gasteiger partial charge >= 0.3 is 0 Å². The summed E-state index contributed by atoms with van der Waals surface area (Å²) in [6.07, 6.45) is 1.71. The summed E-state index contributed by atoms with van der Waals surface area (Å²) in [5, 5.41) is 2.73. The number of benzene rings is 1. The van der Waals surface area contributed by atoms with Crippen LogP contribution in [0.3, 0.4) is 0 Å². The summed E-state index contributed by atoms with van der Waals surface area (Å²) in [5.74, 6) is 0.420. The van der Waals surface area contributed by atoms with Crippen LogP contribution in [-0.4, -0.2) is 9.19 Å². The van der Waals surface area contributed by atoms with Crippen molar-refractivity contribution in [2.75, 3.05) is 5.73 Å². The van der Waals surface area contributed by atoms with Gasteiger partial charge < -0.3 is 5.73 Å². The van der Waals surface area contributed by atoms with Crippen LogP contribution in [0, 0.1) is 0 Å². The number of nitrogens with two attached hydrogens (primary N) is 1. The van der Waals surface area contributed by atoms with Gasteiger partial charge in [-0.2, -0.15) is 0 Å². The Morgan fingerprint density at radius 3 is 2.94 bits per heavy atom. The Balaban J connectivity index is 2.21. The molecule has 0 fully saturated rings. The lowest BCUT2D eigenvalue weighted by molar-refractivity contribution is 0.683. The Bertz CT molecular complexity index is 514. The van der Waals surface area contributed by atoms with Crippen LogP contribution in [0.25, 0.3) is 0 Å². The largest absolute Gasteiger partial charge is 0.398 e. The Hall–Kier alpha value is -0.720. The quantitative estimate of drug-likeness (QED) is 0.886. The van der Waals surface area contributed by atoms with Gasteiger partial charge in [0.25, 0.3) is 0 Å². The first-order chi connectivity index (χ1) is 7.66. The monoisotopic (exact) mass is 316 g/mol. The van der Waals surface area contributed by atoms with Crippen LogP contribution in [0.4, 0.5) is 5.69 Å². The Morgan fingerprint density at radius 1 is 1.50 bits per heavy atom.